The monoisotopic (exact) mass is 219 g/mol. The molecule has 0 spiro atoms. The molecule has 1 aromatic carbocycles. The fraction of sp³-hybridized carbons (Fsp3) is 0.571. The molecule has 0 unspecified atom stereocenters. The molecule has 1 aromatic rings. The van der Waals surface area contributed by atoms with E-state index in [0.29, 0.717) is 0 Å². The van der Waals surface area contributed by atoms with Gasteiger partial charge in [-0.1, -0.05) is 31.2 Å². The molecule has 88 valence electrons. The summed E-state index contributed by atoms with van der Waals surface area (Å²) < 4.78 is 0. The lowest BCUT2D eigenvalue weighted by Crippen LogP contribution is -2.42. The van der Waals surface area contributed by atoms with Crippen LogP contribution in [0.2, 0.25) is 0 Å². The zero-order valence-corrected chi connectivity index (χ0v) is 10.2. The largest absolute Gasteiger partial charge is 0.385 e. The first-order chi connectivity index (χ1) is 7.65. The lowest BCUT2D eigenvalue weighted by atomic mass is 9.82. The molecule has 1 aliphatic heterocycles. The SMILES string of the molecule is CCN1CCC(O)(c2ccccc2C)CC1. The Morgan fingerprint density at radius 1 is 1.25 bits per heavy atom. The molecular formula is C14H21NO. The topological polar surface area (TPSA) is 23.5 Å². The molecule has 1 aliphatic rings. The molecule has 0 bridgehead atoms. The van der Waals surface area contributed by atoms with Crippen LogP contribution in [-0.4, -0.2) is 29.6 Å². The van der Waals surface area contributed by atoms with E-state index in [-0.39, 0.29) is 0 Å². The Morgan fingerprint density at radius 2 is 1.88 bits per heavy atom. The van der Waals surface area contributed by atoms with Crippen LogP contribution >= 0.6 is 0 Å². The molecule has 1 heterocycles. The minimum Gasteiger partial charge on any atom is -0.385 e. The van der Waals surface area contributed by atoms with Crippen molar-refractivity contribution in [3.8, 4) is 0 Å². The predicted octanol–water partition coefficient (Wildman–Crippen LogP) is 2.30. The molecule has 0 saturated carbocycles. The standard InChI is InChI=1S/C14H21NO/c1-3-15-10-8-14(16,9-11-15)13-7-5-4-6-12(13)2/h4-7,16H,3,8-11H2,1-2H3. The van der Waals surface area contributed by atoms with Crippen LogP contribution in [0.25, 0.3) is 0 Å². The Kier molecular flexibility index (Phi) is 3.31. The van der Waals surface area contributed by atoms with Crippen LogP contribution in [0, 0.1) is 6.92 Å². The lowest BCUT2D eigenvalue weighted by molar-refractivity contribution is -0.0251. The molecule has 0 amide bonds. The second-order valence-corrected chi connectivity index (χ2v) is 4.78. The highest BCUT2D eigenvalue weighted by molar-refractivity contribution is 5.31. The van der Waals surface area contributed by atoms with Gasteiger partial charge in [-0.2, -0.15) is 0 Å². The Morgan fingerprint density at radius 3 is 2.44 bits per heavy atom. The Balaban J connectivity index is 2.18. The van der Waals surface area contributed by atoms with Gasteiger partial charge < -0.3 is 10.0 Å². The number of aliphatic hydroxyl groups is 1. The summed E-state index contributed by atoms with van der Waals surface area (Å²) in [4.78, 5) is 2.40. The van der Waals surface area contributed by atoms with E-state index in [2.05, 4.69) is 30.9 Å². The van der Waals surface area contributed by atoms with Crippen LogP contribution in [0.5, 0.6) is 0 Å². The maximum absolute atomic E-state index is 10.7. The molecule has 1 saturated heterocycles. The van der Waals surface area contributed by atoms with Gasteiger partial charge in [-0.15, -0.1) is 0 Å². The van der Waals surface area contributed by atoms with Gasteiger partial charge in [0.05, 0.1) is 5.60 Å². The second kappa shape index (κ2) is 4.56. The van der Waals surface area contributed by atoms with Crippen molar-refractivity contribution in [1.82, 2.24) is 4.90 Å². The molecule has 2 heteroatoms. The second-order valence-electron chi connectivity index (χ2n) is 4.78. The minimum atomic E-state index is -0.600. The number of likely N-dealkylation sites (tertiary alicyclic amines) is 1. The van der Waals surface area contributed by atoms with E-state index in [9.17, 15) is 5.11 Å². The summed E-state index contributed by atoms with van der Waals surface area (Å²) in [7, 11) is 0. The van der Waals surface area contributed by atoms with E-state index >= 15 is 0 Å². The smallest absolute Gasteiger partial charge is 0.0923 e. The summed E-state index contributed by atoms with van der Waals surface area (Å²) in [6, 6.07) is 8.20. The third-order valence-electron chi connectivity index (χ3n) is 3.78. The molecule has 2 rings (SSSR count). The molecule has 16 heavy (non-hydrogen) atoms. The third kappa shape index (κ3) is 2.13. The van der Waals surface area contributed by atoms with Crippen molar-refractivity contribution >= 4 is 0 Å². The highest BCUT2D eigenvalue weighted by Gasteiger charge is 2.34. The van der Waals surface area contributed by atoms with Crippen molar-refractivity contribution in [2.45, 2.75) is 32.3 Å². The highest BCUT2D eigenvalue weighted by atomic mass is 16.3. The number of piperidine rings is 1. The first-order valence-corrected chi connectivity index (χ1v) is 6.16. The van der Waals surface area contributed by atoms with Crippen LogP contribution in [0.15, 0.2) is 24.3 Å². The molecule has 1 fully saturated rings. The zero-order chi connectivity index (χ0) is 11.6. The predicted molar refractivity (Wildman–Crippen MR) is 66.4 cm³/mol. The average Bonchev–Trinajstić information content (AvgIpc) is 2.30. The number of rotatable bonds is 2. The number of nitrogens with zero attached hydrogens (tertiary/aromatic N) is 1. The number of aryl methyl sites for hydroxylation is 1. The van der Waals surface area contributed by atoms with Crippen molar-refractivity contribution in [2.24, 2.45) is 0 Å². The van der Waals surface area contributed by atoms with E-state index in [0.717, 1.165) is 38.0 Å². The summed E-state index contributed by atoms with van der Waals surface area (Å²) >= 11 is 0. The Bertz CT molecular complexity index is 354. The van der Waals surface area contributed by atoms with Gasteiger partial charge >= 0.3 is 0 Å². The molecule has 0 radical (unpaired) electrons. The van der Waals surface area contributed by atoms with Crippen molar-refractivity contribution in [2.75, 3.05) is 19.6 Å². The van der Waals surface area contributed by atoms with Gasteiger partial charge in [-0.25, -0.2) is 0 Å². The quantitative estimate of drug-likeness (QED) is 0.825. The van der Waals surface area contributed by atoms with Crippen molar-refractivity contribution in [3.63, 3.8) is 0 Å². The fourth-order valence-corrected chi connectivity index (χ4v) is 2.60. The summed E-state index contributed by atoms with van der Waals surface area (Å²) in [5.74, 6) is 0. The molecule has 0 aromatic heterocycles. The van der Waals surface area contributed by atoms with Crippen molar-refractivity contribution < 1.29 is 5.11 Å². The van der Waals surface area contributed by atoms with Crippen LogP contribution < -0.4 is 0 Å². The van der Waals surface area contributed by atoms with Crippen LogP contribution in [-0.2, 0) is 5.60 Å². The van der Waals surface area contributed by atoms with Crippen molar-refractivity contribution in [3.05, 3.63) is 35.4 Å². The zero-order valence-electron chi connectivity index (χ0n) is 10.2. The first kappa shape index (κ1) is 11.6. The first-order valence-electron chi connectivity index (χ1n) is 6.16. The summed E-state index contributed by atoms with van der Waals surface area (Å²) in [6.45, 7) is 7.35. The maximum Gasteiger partial charge on any atom is 0.0923 e. The Hall–Kier alpha value is -0.860. The number of hydrogen-bond donors (Lipinski definition) is 1. The van der Waals surface area contributed by atoms with Gasteiger partial charge in [0, 0.05) is 13.1 Å². The Labute approximate surface area is 97.9 Å². The van der Waals surface area contributed by atoms with E-state index in [1.54, 1.807) is 0 Å². The normalized spacial score (nSPS) is 20.9. The summed E-state index contributed by atoms with van der Waals surface area (Å²) in [6.07, 6.45) is 1.71. The molecule has 1 N–H and O–H groups in total. The van der Waals surface area contributed by atoms with Crippen LogP contribution in [0.3, 0.4) is 0 Å². The van der Waals surface area contributed by atoms with Gasteiger partial charge in [-0.3, -0.25) is 0 Å². The van der Waals surface area contributed by atoms with E-state index in [1.807, 2.05) is 12.1 Å². The molecular weight excluding hydrogens is 198 g/mol. The van der Waals surface area contributed by atoms with E-state index in [4.69, 9.17) is 0 Å². The van der Waals surface area contributed by atoms with E-state index in [1.165, 1.54) is 5.56 Å². The van der Waals surface area contributed by atoms with Gasteiger partial charge in [-0.05, 0) is 37.4 Å². The highest BCUT2D eigenvalue weighted by Crippen LogP contribution is 2.34. The van der Waals surface area contributed by atoms with Crippen molar-refractivity contribution in [1.29, 1.82) is 0 Å². The van der Waals surface area contributed by atoms with Gasteiger partial charge in [0.25, 0.3) is 0 Å². The minimum absolute atomic E-state index is 0.600. The lowest BCUT2D eigenvalue weighted by Gasteiger charge is -2.38. The van der Waals surface area contributed by atoms with Gasteiger partial charge in [0.15, 0.2) is 0 Å². The van der Waals surface area contributed by atoms with Crippen LogP contribution in [0.4, 0.5) is 0 Å². The maximum atomic E-state index is 10.7. The fourth-order valence-electron chi connectivity index (χ4n) is 2.60. The summed E-state index contributed by atoms with van der Waals surface area (Å²) in [5, 5.41) is 10.7. The van der Waals surface area contributed by atoms with Gasteiger partial charge in [0.1, 0.15) is 0 Å². The molecule has 0 atom stereocenters. The molecule has 2 nitrogen and oxygen atoms in total. The third-order valence-corrected chi connectivity index (χ3v) is 3.78. The van der Waals surface area contributed by atoms with E-state index < -0.39 is 5.60 Å². The number of benzene rings is 1. The molecule has 0 aliphatic carbocycles. The number of hydrogen-bond acceptors (Lipinski definition) is 2. The van der Waals surface area contributed by atoms with Crippen LogP contribution in [0.1, 0.15) is 30.9 Å². The summed E-state index contributed by atoms with van der Waals surface area (Å²) in [5.41, 5.74) is 1.72. The van der Waals surface area contributed by atoms with Gasteiger partial charge in [0.2, 0.25) is 0 Å². The average molecular weight is 219 g/mol.